The van der Waals surface area contributed by atoms with Crippen LogP contribution in [0.25, 0.3) is 10.2 Å². The number of aromatic nitrogens is 1. The molecule has 2 N–H and O–H groups in total. The van der Waals surface area contributed by atoms with Crippen LogP contribution < -0.4 is 5.73 Å². The lowest BCUT2D eigenvalue weighted by molar-refractivity contribution is -0.122. The molecule has 1 aromatic carbocycles. The van der Waals surface area contributed by atoms with E-state index in [1.807, 2.05) is 12.1 Å². The summed E-state index contributed by atoms with van der Waals surface area (Å²) in [6.07, 6.45) is 0. The van der Waals surface area contributed by atoms with Gasteiger partial charge in [0.1, 0.15) is 10.5 Å². The van der Waals surface area contributed by atoms with E-state index < -0.39 is 5.41 Å². The van der Waals surface area contributed by atoms with Gasteiger partial charge in [-0.15, -0.1) is 11.3 Å². The Balaban J connectivity index is 2.64. The highest BCUT2D eigenvalue weighted by Gasteiger charge is 2.31. The van der Waals surface area contributed by atoms with Gasteiger partial charge in [-0.3, -0.25) is 4.79 Å². The van der Waals surface area contributed by atoms with Gasteiger partial charge in [-0.05, 0) is 26.0 Å². The molecule has 0 saturated heterocycles. The topological polar surface area (TPSA) is 56.0 Å². The van der Waals surface area contributed by atoms with Crippen LogP contribution in [0.15, 0.2) is 18.2 Å². The summed E-state index contributed by atoms with van der Waals surface area (Å²) in [6, 6.07) is 5.58. The number of carbonyl (C=O) groups is 1. The number of nitrogens with zero attached hydrogens (tertiary/aromatic N) is 1. The first-order valence-electron chi connectivity index (χ1n) is 4.78. The van der Waals surface area contributed by atoms with Crippen molar-refractivity contribution in [3.8, 4) is 0 Å². The lowest BCUT2D eigenvalue weighted by atomic mass is 9.94. The Morgan fingerprint density at radius 1 is 1.50 bits per heavy atom. The van der Waals surface area contributed by atoms with Crippen molar-refractivity contribution in [2.45, 2.75) is 19.3 Å². The van der Waals surface area contributed by atoms with E-state index in [0.717, 1.165) is 10.2 Å². The first-order valence-corrected chi connectivity index (χ1v) is 5.98. The van der Waals surface area contributed by atoms with Crippen molar-refractivity contribution in [3.63, 3.8) is 0 Å². The zero-order valence-corrected chi connectivity index (χ0v) is 10.5. The van der Waals surface area contributed by atoms with Crippen LogP contribution in [0.5, 0.6) is 0 Å². The predicted molar refractivity (Wildman–Crippen MR) is 66.9 cm³/mol. The number of hydrogen-bond acceptors (Lipinski definition) is 3. The third kappa shape index (κ3) is 1.68. The summed E-state index contributed by atoms with van der Waals surface area (Å²) in [4.78, 5) is 15.7. The third-order valence-electron chi connectivity index (χ3n) is 2.52. The highest BCUT2D eigenvalue weighted by molar-refractivity contribution is 7.18. The SMILES string of the molecule is CC(C)(C(N)=O)c1nc2c(Cl)cccc2s1. The maximum absolute atomic E-state index is 11.3. The molecule has 0 aliphatic rings. The van der Waals surface area contributed by atoms with E-state index in [1.54, 1.807) is 19.9 Å². The fourth-order valence-electron chi connectivity index (χ4n) is 1.29. The third-order valence-corrected chi connectivity index (χ3v) is 4.17. The lowest BCUT2D eigenvalue weighted by Gasteiger charge is -2.16. The maximum Gasteiger partial charge on any atom is 0.229 e. The van der Waals surface area contributed by atoms with E-state index in [2.05, 4.69) is 4.98 Å². The molecule has 0 unspecified atom stereocenters. The molecule has 0 saturated carbocycles. The Bertz CT molecular complexity index is 562. The fraction of sp³-hybridized carbons (Fsp3) is 0.273. The van der Waals surface area contributed by atoms with Gasteiger partial charge in [-0.25, -0.2) is 4.98 Å². The summed E-state index contributed by atoms with van der Waals surface area (Å²) in [5.74, 6) is -0.386. The van der Waals surface area contributed by atoms with Gasteiger partial charge >= 0.3 is 0 Å². The van der Waals surface area contributed by atoms with Crippen LogP contribution >= 0.6 is 22.9 Å². The number of carbonyl (C=O) groups excluding carboxylic acids is 1. The van der Waals surface area contributed by atoms with Gasteiger partial charge < -0.3 is 5.73 Å². The van der Waals surface area contributed by atoms with Crippen molar-refractivity contribution >= 4 is 39.1 Å². The smallest absolute Gasteiger partial charge is 0.229 e. The molecule has 0 atom stereocenters. The molecule has 0 fully saturated rings. The van der Waals surface area contributed by atoms with E-state index in [1.165, 1.54) is 11.3 Å². The Hall–Kier alpha value is -1.13. The van der Waals surface area contributed by atoms with Crippen LogP contribution in [0.4, 0.5) is 0 Å². The average molecular weight is 255 g/mol. The van der Waals surface area contributed by atoms with Crippen LogP contribution in [0.2, 0.25) is 5.02 Å². The normalized spacial score (nSPS) is 11.9. The zero-order valence-electron chi connectivity index (χ0n) is 8.95. The second-order valence-corrected chi connectivity index (χ2v) is 5.53. The molecular weight excluding hydrogens is 244 g/mol. The minimum atomic E-state index is -0.757. The molecule has 0 aliphatic heterocycles. The molecule has 0 spiro atoms. The first kappa shape index (κ1) is 11.4. The molecule has 0 bridgehead atoms. The number of para-hydroxylation sites is 1. The van der Waals surface area contributed by atoms with Crippen molar-refractivity contribution in [2.75, 3.05) is 0 Å². The molecule has 3 nitrogen and oxygen atoms in total. The summed E-state index contributed by atoms with van der Waals surface area (Å²) < 4.78 is 0.969. The van der Waals surface area contributed by atoms with Crippen molar-refractivity contribution in [1.29, 1.82) is 0 Å². The lowest BCUT2D eigenvalue weighted by Crippen LogP contribution is -2.35. The van der Waals surface area contributed by atoms with Gasteiger partial charge in [-0.2, -0.15) is 0 Å². The molecule has 84 valence electrons. The number of rotatable bonds is 2. The molecule has 1 aromatic heterocycles. The van der Waals surface area contributed by atoms with Gasteiger partial charge in [-0.1, -0.05) is 17.7 Å². The number of hydrogen-bond donors (Lipinski definition) is 1. The number of nitrogens with two attached hydrogens (primary N) is 1. The molecule has 5 heteroatoms. The molecule has 1 amide bonds. The summed E-state index contributed by atoms with van der Waals surface area (Å²) >= 11 is 7.48. The molecular formula is C11H11ClN2OS. The molecule has 0 radical (unpaired) electrons. The second kappa shape index (κ2) is 3.71. The van der Waals surface area contributed by atoms with E-state index >= 15 is 0 Å². The van der Waals surface area contributed by atoms with E-state index in [9.17, 15) is 4.79 Å². The van der Waals surface area contributed by atoms with Crippen LogP contribution in [0.1, 0.15) is 18.9 Å². The largest absolute Gasteiger partial charge is 0.369 e. The van der Waals surface area contributed by atoms with E-state index in [-0.39, 0.29) is 5.91 Å². The minimum Gasteiger partial charge on any atom is -0.369 e. The Morgan fingerprint density at radius 2 is 2.19 bits per heavy atom. The second-order valence-electron chi connectivity index (χ2n) is 4.09. The number of primary amides is 1. The number of halogens is 1. The summed E-state index contributed by atoms with van der Waals surface area (Å²) in [5.41, 5.74) is 5.33. The number of benzene rings is 1. The van der Waals surface area contributed by atoms with Gasteiger partial charge in [0, 0.05) is 0 Å². The standard InChI is InChI=1S/C11H11ClN2OS/c1-11(2,9(13)15)10-14-8-6(12)4-3-5-7(8)16-10/h3-5H,1-2H3,(H2,13,15). The van der Waals surface area contributed by atoms with Gasteiger partial charge in [0.15, 0.2) is 0 Å². The summed E-state index contributed by atoms with van der Waals surface area (Å²) in [7, 11) is 0. The number of amides is 1. The Labute approximate surface area is 102 Å². The molecule has 16 heavy (non-hydrogen) atoms. The Kier molecular flexibility index (Phi) is 2.64. The highest BCUT2D eigenvalue weighted by Crippen LogP contribution is 2.34. The molecule has 0 aliphatic carbocycles. The van der Waals surface area contributed by atoms with Crippen LogP contribution in [0.3, 0.4) is 0 Å². The summed E-state index contributed by atoms with van der Waals surface area (Å²) in [5, 5.41) is 1.29. The van der Waals surface area contributed by atoms with Crippen molar-refractivity contribution < 1.29 is 4.79 Å². The quantitative estimate of drug-likeness (QED) is 0.896. The van der Waals surface area contributed by atoms with Crippen LogP contribution in [0, 0.1) is 0 Å². The van der Waals surface area contributed by atoms with Gasteiger partial charge in [0.05, 0.1) is 15.1 Å². The number of fused-ring (bicyclic) bond motifs is 1. The van der Waals surface area contributed by atoms with E-state index in [4.69, 9.17) is 17.3 Å². The van der Waals surface area contributed by atoms with Crippen LogP contribution in [-0.4, -0.2) is 10.9 Å². The van der Waals surface area contributed by atoms with E-state index in [0.29, 0.717) is 10.0 Å². The molecule has 2 rings (SSSR count). The first-order chi connectivity index (χ1) is 7.43. The minimum absolute atomic E-state index is 0.386. The van der Waals surface area contributed by atoms with Crippen molar-refractivity contribution in [2.24, 2.45) is 5.73 Å². The molecule has 1 heterocycles. The van der Waals surface area contributed by atoms with Crippen LogP contribution in [-0.2, 0) is 10.2 Å². The van der Waals surface area contributed by atoms with Gasteiger partial charge in [0.2, 0.25) is 5.91 Å². The summed E-state index contributed by atoms with van der Waals surface area (Å²) in [6.45, 7) is 3.53. The fourth-order valence-corrected chi connectivity index (χ4v) is 2.66. The molecule has 2 aromatic rings. The zero-order chi connectivity index (χ0) is 11.9. The maximum atomic E-state index is 11.3. The highest BCUT2D eigenvalue weighted by atomic mass is 35.5. The average Bonchev–Trinajstić information content (AvgIpc) is 2.63. The Morgan fingerprint density at radius 3 is 2.75 bits per heavy atom. The number of thiazole rings is 1. The van der Waals surface area contributed by atoms with Crippen molar-refractivity contribution in [1.82, 2.24) is 4.98 Å². The van der Waals surface area contributed by atoms with Gasteiger partial charge in [0.25, 0.3) is 0 Å². The predicted octanol–water partition coefficient (Wildman–Crippen LogP) is 2.71. The van der Waals surface area contributed by atoms with Crippen molar-refractivity contribution in [3.05, 3.63) is 28.2 Å². The monoisotopic (exact) mass is 254 g/mol.